The fourth-order valence-corrected chi connectivity index (χ4v) is 2.95. The number of nitrogens with zero attached hydrogens (tertiary/aromatic N) is 4. The summed E-state index contributed by atoms with van der Waals surface area (Å²) in [4.78, 5) is 4.81. The number of aryl methyl sites for hydroxylation is 2. The molecule has 4 nitrogen and oxygen atoms in total. The van der Waals surface area contributed by atoms with E-state index in [1.54, 1.807) is 0 Å². The first-order valence-corrected chi connectivity index (χ1v) is 7.92. The molecule has 1 unspecified atom stereocenters. The van der Waals surface area contributed by atoms with E-state index in [1.165, 1.54) is 0 Å². The summed E-state index contributed by atoms with van der Waals surface area (Å²) < 4.78 is 4.26. The molecule has 0 radical (unpaired) electrons. The van der Waals surface area contributed by atoms with Gasteiger partial charge in [-0.25, -0.2) is 4.98 Å². The monoisotopic (exact) mass is 296 g/mol. The van der Waals surface area contributed by atoms with Crippen molar-refractivity contribution in [2.45, 2.75) is 64.8 Å². The van der Waals surface area contributed by atoms with Crippen LogP contribution in [0.1, 0.15) is 64.4 Å². The Kier molecular flexibility index (Phi) is 4.14. The number of hydrogen-bond donors (Lipinski definition) is 0. The highest BCUT2D eigenvalue weighted by Crippen LogP contribution is 2.35. The predicted octanol–water partition coefficient (Wildman–Crippen LogP) is 4.17. The van der Waals surface area contributed by atoms with Crippen LogP contribution in [0.15, 0.2) is 0 Å². The number of fused-ring (bicyclic) bond motifs is 1. The number of rotatable bonds is 5. The standard InChI is InChI=1S/C15H25ClN4/c1-7-11-12-14(19(6)18-11)20(13(17-12)10(4)16)15(5,8-2)9-3/h10H,7-9H2,1-6H3. The van der Waals surface area contributed by atoms with E-state index in [4.69, 9.17) is 16.6 Å². The van der Waals surface area contributed by atoms with Crippen LogP contribution in [0.2, 0.25) is 0 Å². The fourth-order valence-electron chi connectivity index (χ4n) is 2.80. The van der Waals surface area contributed by atoms with Gasteiger partial charge in [0.25, 0.3) is 0 Å². The highest BCUT2D eigenvalue weighted by molar-refractivity contribution is 6.20. The minimum atomic E-state index is -0.107. The van der Waals surface area contributed by atoms with Crippen LogP contribution in [0.5, 0.6) is 0 Å². The molecular weight excluding hydrogens is 272 g/mol. The third kappa shape index (κ3) is 2.14. The highest BCUT2D eigenvalue weighted by Gasteiger charge is 2.31. The average molecular weight is 297 g/mol. The molecule has 0 fully saturated rings. The van der Waals surface area contributed by atoms with Crippen molar-refractivity contribution in [3.63, 3.8) is 0 Å². The van der Waals surface area contributed by atoms with Gasteiger partial charge in [-0.1, -0.05) is 20.8 Å². The quantitative estimate of drug-likeness (QED) is 0.776. The molecule has 0 aliphatic heterocycles. The maximum atomic E-state index is 6.39. The fraction of sp³-hybridized carbons (Fsp3) is 0.733. The lowest BCUT2D eigenvalue weighted by atomic mass is 9.94. The van der Waals surface area contributed by atoms with Gasteiger partial charge in [-0.2, -0.15) is 5.10 Å². The molecule has 0 bridgehead atoms. The molecule has 0 saturated carbocycles. The number of aromatic nitrogens is 4. The number of hydrogen-bond acceptors (Lipinski definition) is 2. The van der Waals surface area contributed by atoms with Gasteiger partial charge in [0.05, 0.1) is 11.1 Å². The summed E-state index contributed by atoms with van der Waals surface area (Å²) in [6.45, 7) is 10.8. The van der Waals surface area contributed by atoms with Gasteiger partial charge in [-0.15, -0.1) is 11.6 Å². The topological polar surface area (TPSA) is 35.6 Å². The molecule has 2 aromatic heterocycles. The van der Waals surface area contributed by atoms with Crippen LogP contribution in [0.3, 0.4) is 0 Å². The molecule has 0 aliphatic carbocycles. The van der Waals surface area contributed by atoms with Crippen molar-refractivity contribution in [3.8, 4) is 0 Å². The Labute approximate surface area is 126 Å². The second-order valence-electron chi connectivity index (χ2n) is 5.72. The first kappa shape index (κ1) is 15.4. The summed E-state index contributed by atoms with van der Waals surface area (Å²) in [5.74, 6) is 0.954. The Morgan fingerprint density at radius 3 is 2.30 bits per heavy atom. The molecule has 5 heteroatoms. The molecule has 2 rings (SSSR count). The van der Waals surface area contributed by atoms with Gasteiger partial charge in [0, 0.05) is 12.6 Å². The summed E-state index contributed by atoms with van der Waals surface area (Å²) in [6.07, 6.45) is 2.97. The number of halogens is 1. The van der Waals surface area contributed by atoms with Gasteiger partial charge < -0.3 is 4.57 Å². The van der Waals surface area contributed by atoms with Crippen molar-refractivity contribution in [3.05, 3.63) is 11.5 Å². The van der Waals surface area contributed by atoms with E-state index in [0.29, 0.717) is 0 Å². The van der Waals surface area contributed by atoms with Gasteiger partial charge in [-0.05, 0) is 33.1 Å². The van der Waals surface area contributed by atoms with Crippen molar-refractivity contribution >= 4 is 22.8 Å². The van der Waals surface area contributed by atoms with E-state index < -0.39 is 0 Å². The summed E-state index contributed by atoms with van der Waals surface area (Å²) in [6, 6.07) is 0. The Balaban J connectivity index is 2.85. The lowest BCUT2D eigenvalue weighted by Crippen LogP contribution is -2.31. The van der Waals surface area contributed by atoms with Crippen LogP contribution < -0.4 is 0 Å². The van der Waals surface area contributed by atoms with E-state index in [9.17, 15) is 0 Å². The van der Waals surface area contributed by atoms with E-state index in [0.717, 1.165) is 41.9 Å². The molecule has 20 heavy (non-hydrogen) atoms. The maximum Gasteiger partial charge on any atom is 0.159 e. The largest absolute Gasteiger partial charge is 0.306 e. The Morgan fingerprint density at radius 1 is 1.25 bits per heavy atom. The van der Waals surface area contributed by atoms with Crippen molar-refractivity contribution in [2.75, 3.05) is 0 Å². The summed E-state index contributed by atoms with van der Waals surface area (Å²) in [7, 11) is 1.99. The van der Waals surface area contributed by atoms with Crippen LogP contribution in [0.4, 0.5) is 0 Å². The zero-order chi connectivity index (χ0) is 15.1. The Morgan fingerprint density at radius 2 is 1.85 bits per heavy atom. The summed E-state index contributed by atoms with van der Waals surface area (Å²) >= 11 is 6.39. The van der Waals surface area contributed by atoms with Gasteiger partial charge in [-0.3, -0.25) is 4.68 Å². The molecule has 0 aliphatic rings. The second kappa shape index (κ2) is 5.40. The Bertz CT molecular complexity index is 605. The van der Waals surface area contributed by atoms with E-state index >= 15 is 0 Å². The van der Waals surface area contributed by atoms with Gasteiger partial charge >= 0.3 is 0 Å². The third-order valence-electron chi connectivity index (χ3n) is 4.48. The average Bonchev–Trinajstić information content (AvgIpc) is 2.96. The zero-order valence-electron chi connectivity index (χ0n) is 13.4. The molecular formula is C15H25ClN4. The van der Waals surface area contributed by atoms with Crippen molar-refractivity contribution in [2.24, 2.45) is 7.05 Å². The molecule has 0 N–H and O–H groups in total. The SMILES string of the molecule is CCc1nn(C)c2c1nc(C(C)Cl)n2C(C)(CC)CC. The first-order chi connectivity index (χ1) is 9.39. The van der Waals surface area contributed by atoms with Crippen molar-refractivity contribution in [1.29, 1.82) is 0 Å². The smallest absolute Gasteiger partial charge is 0.159 e. The molecule has 0 aromatic carbocycles. The molecule has 112 valence electrons. The van der Waals surface area contributed by atoms with Crippen LogP contribution in [0.25, 0.3) is 11.2 Å². The lowest BCUT2D eigenvalue weighted by molar-refractivity contribution is 0.290. The zero-order valence-corrected chi connectivity index (χ0v) is 14.1. The van der Waals surface area contributed by atoms with Crippen molar-refractivity contribution < 1.29 is 0 Å². The lowest BCUT2D eigenvalue weighted by Gasteiger charge is -2.31. The second-order valence-corrected chi connectivity index (χ2v) is 6.38. The normalized spacial score (nSPS) is 14.2. The number of imidazole rings is 1. The molecule has 0 spiro atoms. The molecule has 0 saturated heterocycles. The number of alkyl halides is 1. The highest BCUT2D eigenvalue weighted by atomic mass is 35.5. The van der Waals surface area contributed by atoms with Crippen LogP contribution >= 0.6 is 11.6 Å². The van der Waals surface area contributed by atoms with Crippen LogP contribution in [-0.2, 0) is 19.0 Å². The first-order valence-electron chi connectivity index (χ1n) is 7.48. The van der Waals surface area contributed by atoms with Crippen LogP contribution in [0, 0.1) is 0 Å². The minimum absolute atomic E-state index is 0.0199. The van der Waals surface area contributed by atoms with E-state index in [2.05, 4.69) is 37.4 Å². The van der Waals surface area contributed by atoms with E-state index in [-0.39, 0.29) is 10.9 Å². The van der Waals surface area contributed by atoms with E-state index in [1.807, 2.05) is 18.7 Å². The van der Waals surface area contributed by atoms with Crippen molar-refractivity contribution in [1.82, 2.24) is 19.3 Å². The molecule has 2 heterocycles. The predicted molar refractivity (Wildman–Crippen MR) is 84.4 cm³/mol. The van der Waals surface area contributed by atoms with Gasteiger partial charge in [0.1, 0.15) is 11.3 Å². The molecule has 0 amide bonds. The molecule has 2 aromatic rings. The third-order valence-corrected chi connectivity index (χ3v) is 4.68. The minimum Gasteiger partial charge on any atom is -0.306 e. The summed E-state index contributed by atoms with van der Waals surface area (Å²) in [5, 5.41) is 4.49. The van der Waals surface area contributed by atoms with Crippen LogP contribution in [-0.4, -0.2) is 19.3 Å². The maximum absolute atomic E-state index is 6.39. The van der Waals surface area contributed by atoms with Gasteiger partial charge in [0.15, 0.2) is 5.65 Å². The summed E-state index contributed by atoms with van der Waals surface area (Å²) in [5.41, 5.74) is 3.17. The Hall–Kier alpha value is -1.03. The molecule has 1 atom stereocenters. The van der Waals surface area contributed by atoms with Gasteiger partial charge in [0.2, 0.25) is 0 Å².